The van der Waals surface area contributed by atoms with Crippen LogP contribution in [0.4, 0.5) is 0 Å². The van der Waals surface area contributed by atoms with E-state index in [9.17, 15) is 0 Å². The van der Waals surface area contributed by atoms with Gasteiger partial charge in [0.1, 0.15) is 0 Å². The van der Waals surface area contributed by atoms with E-state index in [4.69, 9.17) is 0 Å². The molecule has 5 heavy (non-hydrogen) atoms. The maximum absolute atomic E-state index is 3.45. The summed E-state index contributed by atoms with van der Waals surface area (Å²) in [5.41, 5.74) is 0. The van der Waals surface area contributed by atoms with E-state index >= 15 is 0 Å². The third kappa shape index (κ3) is 4.10. The molecule has 0 radical (unpaired) electrons. The predicted octanol–water partition coefficient (Wildman–Crippen LogP) is 0.726. The van der Waals surface area contributed by atoms with Crippen molar-refractivity contribution in [1.82, 2.24) is 0 Å². The van der Waals surface area contributed by atoms with E-state index in [-0.39, 0.29) is 0 Å². The first kappa shape index (κ1) is 5.10. The summed E-state index contributed by atoms with van der Waals surface area (Å²) in [5, 5.41) is 0. The average Bonchev–Trinajstić information content (AvgIpc) is 1.41. The number of hydrogen-bond donors (Lipinski definition) is 0. The van der Waals surface area contributed by atoms with Gasteiger partial charge in [0.2, 0.25) is 0 Å². The van der Waals surface area contributed by atoms with Crippen molar-refractivity contribution in [1.29, 1.82) is 0 Å². The van der Waals surface area contributed by atoms with Crippen molar-refractivity contribution in [2.75, 3.05) is 0 Å². The molecule has 0 aliphatic carbocycles. The van der Waals surface area contributed by atoms with Gasteiger partial charge >= 0.3 is 41.5 Å². The molecule has 0 atom stereocenters. The van der Waals surface area contributed by atoms with Gasteiger partial charge in [0, 0.05) is 0 Å². The summed E-state index contributed by atoms with van der Waals surface area (Å²) in [6, 6.07) is 0. The second kappa shape index (κ2) is 4.10. The summed E-state index contributed by atoms with van der Waals surface area (Å²) in [4.78, 5) is 0. The third-order valence-corrected chi connectivity index (χ3v) is 0.516. The molecule has 0 aliphatic heterocycles. The molecule has 0 saturated carbocycles. The van der Waals surface area contributed by atoms with Gasteiger partial charge in [-0.25, -0.2) is 0 Å². The standard InChI is InChI=1S/C4H5.Rh/c1-3-4-2;/h1,3-4H,2H2;/q-1;/b4-3-;. The van der Waals surface area contributed by atoms with E-state index in [0.717, 1.165) is 0 Å². The van der Waals surface area contributed by atoms with Gasteiger partial charge in [0.15, 0.2) is 0 Å². The normalized spacial score (nSPS) is 9.00. The molecule has 0 fully saturated rings. The summed E-state index contributed by atoms with van der Waals surface area (Å²) in [6.07, 6.45) is 3.56. The molecular formula is C4H5Rh-. The SMILES string of the molecule is [CH2-]/C=C\[CH]=[Rh]. The van der Waals surface area contributed by atoms with Gasteiger partial charge in [-0.1, -0.05) is 0 Å². The van der Waals surface area contributed by atoms with Crippen molar-refractivity contribution < 1.29 is 17.9 Å². The molecule has 0 rings (SSSR count). The third-order valence-electron chi connectivity index (χ3n) is 0.200. The zero-order valence-corrected chi connectivity index (χ0v) is 4.41. The van der Waals surface area contributed by atoms with E-state index in [1.165, 1.54) is 0 Å². The number of rotatable bonds is 1. The molecule has 0 bridgehead atoms. The maximum atomic E-state index is 3.45. The molecule has 0 saturated heterocycles. The van der Waals surface area contributed by atoms with Crippen LogP contribution in [0.2, 0.25) is 0 Å². The number of hydrogen-bond acceptors (Lipinski definition) is 0. The van der Waals surface area contributed by atoms with Crippen LogP contribution in [0.5, 0.6) is 0 Å². The van der Waals surface area contributed by atoms with Crippen LogP contribution in [0.1, 0.15) is 0 Å². The molecule has 1 heteroatoms. The Morgan fingerprint density at radius 3 is 2.20 bits per heavy atom. The summed E-state index contributed by atoms with van der Waals surface area (Å²) in [6.45, 7) is 3.45. The second-order valence-electron chi connectivity index (χ2n) is 0.539. The molecule has 0 unspecified atom stereocenters. The molecule has 0 heterocycles. The van der Waals surface area contributed by atoms with E-state index in [1.54, 1.807) is 6.08 Å². The Balaban J connectivity index is 2.92. The fraction of sp³-hybridized carbons (Fsp3) is 0. The van der Waals surface area contributed by atoms with Crippen molar-refractivity contribution in [2.45, 2.75) is 0 Å². The number of allylic oxidation sites excluding steroid dienone is 2. The fourth-order valence-corrected chi connectivity index (χ4v) is 0.268. The van der Waals surface area contributed by atoms with Crippen LogP contribution < -0.4 is 0 Å². The first-order valence-electron chi connectivity index (χ1n) is 1.27. The quantitative estimate of drug-likeness (QED) is 0.387. The van der Waals surface area contributed by atoms with Crippen molar-refractivity contribution in [3.63, 3.8) is 0 Å². The van der Waals surface area contributed by atoms with Crippen molar-refractivity contribution in [3.05, 3.63) is 19.1 Å². The summed E-state index contributed by atoms with van der Waals surface area (Å²) in [7, 11) is 0. The second-order valence-corrected chi connectivity index (χ2v) is 1.09. The zero-order chi connectivity index (χ0) is 4.12. The molecule has 0 N–H and O–H groups in total. The van der Waals surface area contributed by atoms with E-state index in [2.05, 4.69) is 24.8 Å². The van der Waals surface area contributed by atoms with Crippen LogP contribution in [-0.4, -0.2) is 4.61 Å². The van der Waals surface area contributed by atoms with Crippen LogP contribution >= 0.6 is 0 Å². The van der Waals surface area contributed by atoms with Gasteiger partial charge < -0.3 is 0 Å². The van der Waals surface area contributed by atoms with Crippen LogP contribution in [0, 0.1) is 6.92 Å². The van der Waals surface area contributed by atoms with Crippen LogP contribution in [0.15, 0.2) is 12.2 Å². The van der Waals surface area contributed by atoms with Gasteiger partial charge in [-0.15, -0.1) is 0 Å². The molecule has 0 aromatic rings. The summed E-state index contributed by atoms with van der Waals surface area (Å²) >= 11 is 2.60. The molecule has 0 spiro atoms. The first-order valence-corrected chi connectivity index (χ1v) is 2.21. The summed E-state index contributed by atoms with van der Waals surface area (Å²) in [5.74, 6) is 0. The summed E-state index contributed by atoms with van der Waals surface area (Å²) < 4.78 is 1.83. The minimum atomic E-state index is 1.72. The van der Waals surface area contributed by atoms with E-state index < -0.39 is 0 Å². The van der Waals surface area contributed by atoms with Crippen LogP contribution in [-0.2, 0) is 17.9 Å². The molecule has 31 valence electrons. The molecular weight excluding hydrogens is 151 g/mol. The van der Waals surface area contributed by atoms with Gasteiger partial charge in [0.05, 0.1) is 0 Å². The van der Waals surface area contributed by atoms with Gasteiger partial charge in [0.25, 0.3) is 0 Å². The molecule has 0 nitrogen and oxygen atoms in total. The van der Waals surface area contributed by atoms with Crippen molar-refractivity contribution in [2.24, 2.45) is 0 Å². The fourth-order valence-electron chi connectivity index (χ4n) is 0.0454. The van der Waals surface area contributed by atoms with E-state index in [1.807, 2.05) is 10.7 Å². The minimum absolute atomic E-state index is 1.72. The molecule has 0 aromatic heterocycles. The Kier molecular flexibility index (Phi) is 4.19. The van der Waals surface area contributed by atoms with Crippen molar-refractivity contribution >= 4 is 4.61 Å². The Hall–Kier alpha value is 0.103. The zero-order valence-electron chi connectivity index (χ0n) is 2.77. The molecule has 0 aliphatic rings. The van der Waals surface area contributed by atoms with Gasteiger partial charge in [-0.2, -0.15) is 0 Å². The van der Waals surface area contributed by atoms with Crippen LogP contribution in [0.3, 0.4) is 0 Å². The van der Waals surface area contributed by atoms with E-state index in [0.29, 0.717) is 0 Å². The average molecular weight is 156 g/mol. The first-order chi connectivity index (χ1) is 2.41. The Labute approximate surface area is 42.1 Å². The van der Waals surface area contributed by atoms with Crippen molar-refractivity contribution in [3.8, 4) is 0 Å². The predicted molar refractivity (Wildman–Crippen MR) is 20.6 cm³/mol. The Morgan fingerprint density at radius 1 is 1.60 bits per heavy atom. The molecule has 0 amide bonds. The van der Waals surface area contributed by atoms with Gasteiger partial charge in [-0.05, 0) is 0 Å². The Bertz CT molecular complexity index is 45.6. The topological polar surface area (TPSA) is 0 Å². The monoisotopic (exact) mass is 156 g/mol. The van der Waals surface area contributed by atoms with Gasteiger partial charge in [-0.3, -0.25) is 0 Å². The molecule has 0 aromatic carbocycles. The van der Waals surface area contributed by atoms with Crippen LogP contribution in [0.25, 0.3) is 0 Å². The Morgan fingerprint density at radius 2 is 2.20 bits per heavy atom.